The molecule has 102 valence electrons. The number of pyridine rings is 1. The molecule has 2 rings (SSSR count). The molecule has 0 saturated carbocycles. The van der Waals surface area contributed by atoms with Gasteiger partial charge in [-0.15, -0.1) is 11.8 Å². The molecule has 1 aliphatic rings. The second-order valence-corrected chi connectivity index (χ2v) is 5.49. The van der Waals surface area contributed by atoms with E-state index in [2.05, 4.69) is 4.98 Å². The molecule has 1 amide bonds. The highest BCUT2D eigenvalue weighted by Gasteiger charge is 2.46. The Morgan fingerprint density at radius 1 is 1.53 bits per heavy atom. The Hall–Kier alpha value is -1.56. The normalized spacial score (nSPS) is 22.5. The van der Waals surface area contributed by atoms with Gasteiger partial charge >= 0.3 is 5.97 Å². The third-order valence-electron chi connectivity index (χ3n) is 3.54. The minimum Gasteiger partial charge on any atom is -0.480 e. The molecule has 19 heavy (non-hydrogen) atoms. The SMILES string of the molecule is CSc1ncccc1C(=O)N1CCCC1(C)C(=O)O. The lowest BCUT2D eigenvalue weighted by atomic mass is 9.99. The van der Waals surface area contributed by atoms with Crippen molar-refractivity contribution in [1.29, 1.82) is 0 Å². The molecule has 1 aromatic rings. The highest BCUT2D eigenvalue weighted by Crippen LogP contribution is 2.32. The van der Waals surface area contributed by atoms with Gasteiger partial charge in [-0.3, -0.25) is 4.79 Å². The zero-order valence-corrected chi connectivity index (χ0v) is 11.7. The molecule has 0 aromatic carbocycles. The van der Waals surface area contributed by atoms with E-state index in [1.54, 1.807) is 25.3 Å². The molecule has 1 aliphatic heterocycles. The van der Waals surface area contributed by atoms with Gasteiger partial charge < -0.3 is 10.0 Å². The Balaban J connectivity index is 2.36. The number of carboxylic acid groups (broad SMARTS) is 1. The Labute approximate surface area is 116 Å². The molecule has 1 N–H and O–H groups in total. The number of amides is 1. The average molecular weight is 280 g/mol. The summed E-state index contributed by atoms with van der Waals surface area (Å²) in [7, 11) is 0. The number of likely N-dealkylation sites (tertiary alicyclic amines) is 1. The molecule has 2 heterocycles. The van der Waals surface area contributed by atoms with E-state index in [1.807, 2.05) is 6.26 Å². The van der Waals surface area contributed by atoms with Gasteiger partial charge in [-0.25, -0.2) is 9.78 Å². The molecule has 0 aliphatic carbocycles. The van der Waals surface area contributed by atoms with Gasteiger partial charge in [0.2, 0.25) is 0 Å². The van der Waals surface area contributed by atoms with Crippen molar-refractivity contribution in [3.05, 3.63) is 23.9 Å². The molecule has 0 bridgehead atoms. The highest BCUT2D eigenvalue weighted by atomic mass is 32.2. The lowest BCUT2D eigenvalue weighted by Gasteiger charge is -2.31. The van der Waals surface area contributed by atoms with Gasteiger partial charge in [-0.2, -0.15) is 0 Å². The molecule has 1 atom stereocenters. The number of aliphatic carboxylic acids is 1. The van der Waals surface area contributed by atoms with Gasteiger partial charge in [-0.1, -0.05) is 0 Å². The van der Waals surface area contributed by atoms with Crippen LogP contribution in [0.15, 0.2) is 23.4 Å². The minimum atomic E-state index is -1.11. The van der Waals surface area contributed by atoms with Crippen molar-refractivity contribution in [2.24, 2.45) is 0 Å². The summed E-state index contributed by atoms with van der Waals surface area (Å²) in [5.74, 6) is -1.20. The van der Waals surface area contributed by atoms with Crippen LogP contribution in [-0.4, -0.2) is 45.2 Å². The molecule has 1 fully saturated rings. The Morgan fingerprint density at radius 3 is 2.89 bits per heavy atom. The second-order valence-electron chi connectivity index (χ2n) is 4.70. The first kappa shape index (κ1) is 13.9. The molecule has 6 heteroatoms. The molecule has 1 saturated heterocycles. The van der Waals surface area contributed by atoms with Crippen molar-refractivity contribution in [1.82, 2.24) is 9.88 Å². The van der Waals surface area contributed by atoms with E-state index < -0.39 is 11.5 Å². The van der Waals surface area contributed by atoms with Crippen LogP contribution in [0.3, 0.4) is 0 Å². The van der Waals surface area contributed by atoms with E-state index in [9.17, 15) is 14.7 Å². The molecule has 0 radical (unpaired) electrons. The van der Waals surface area contributed by atoms with Gasteiger partial charge in [0.05, 0.1) is 5.56 Å². The van der Waals surface area contributed by atoms with E-state index in [-0.39, 0.29) is 5.91 Å². The number of hydrogen-bond acceptors (Lipinski definition) is 4. The molecule has 5 nitrogen and oxygen atoms in total. The summed E-state index contributed by atoms with van der Waals surface area (Å²) in [5.41, 5.74) is -0.632. The summed E-state index contributed by atoms with van der Waals surface area (Å²) >= 11 is 1.39. The van der Waals surface area contributed by atoms with Crippen LogP contribution >= 0.6 is 11.8 Å². The maximum absolute atomic E-state index is 12.6. The van der Waals surface area contributed by atoms with E-state index in [0.717, 1.165) is 0 Å². The molecular formula is C13H16N2O3S. The Kier molecular flexibility index (Phi) is 3.80. The number of aromatic nitrogens is 1. The summed E-state index contributed by atoms with van der Waals surface area (Å²) < 4.78 is 0. The zero-order valence-electron chi connectivity index (χ0n) is 10.9. The maximum Gasteiger partial charge on any atom is 0.329 e. The average Bonchev–Trinajstić information content (AvgIpc) is 2.81. The molecular weight excluding hydrogens is 264 g/mol. The largest absolute Gasteiger partial charge is 0.480 e. The first-order chi connectivity index (χ1) is 9.00. The van der Waals surface area contributed by atoms with Crippen LogP contribution in [-0.2, 0) is 4.79 Å². The summed E-state index contributed by atoms with van der Waals surface area (Å²) in [4.78, 5) is 29.6. The smallest absolute Gasteiger partial charge is 0.329 e. The summed E-state index contributed by atoms with van der Waals surface area (Å²) in [6.45, 7) is 2.08. The number of carbonyl (C=O) groups is 2. The van der Waals surface area contributed by atoms with Crippen LogP contribution in [0.2, 0.25) is 0 Å². The van der Waals surface area contributed by atoms with Crippen LogP contribution in [0.4, 0.5) is 0 Å². The molecule has 1 unspecified atom stereocenters. The van der Waals surface area contributed by atoms with E-state index in [1.165, 1.54) is 16.7 Å². The maximum atomic E-state index is 12.6. The van der Waals surface area contributed by atoms with Crippen LogP contribution in [0, 0.1) is 0 Å². The van der Waals surface area contributed by atoms with Crippen LogP contribution in [0.5, 0.6) is 0 Å². The van der Waals surface area contributed by atoms with Gasteiger partial charge in [0.15, 0.2) is 0 Å². The first-order valence-corrected chi connectivity index (χ1v) is 7.27. The second kappa shape index (κ2) is 5.21. The summed E-state index contributed by atoms with van der Waals surface area (Å²) in [6, 6.07) is 3.39. The zero-order chi connectivity index (χ0) is 14.0. The topological polar surface area (TPSA) is 70.5 Å². The Bertz CT molecular complexity index is 520. The van der Waals surface area contributed by atoms with Gasteiger partial charge in [0, 0.05) is 12.7 Å². The van der Waals surface area contributed by atoms with Crippen LogP contribution in [0.1, 0.15) is 30.1 Å². The fraction of sp³-hybridized carbons (Fsp3) is 0.462. The standard InChI is InChI=1S/C13H16N2O3S/c1-13(12(17)18)6-4-8-15(13)11(16)9-5-3-7-14-10(9)19-2/h3,5,7H,4,6,8H2,1-2H3,(H,17,18). The minimum absolute atomic E-state index is 0.250. The summed E-state index contributed by atoms with van der Waals surface area (Å²) in [6.07, 6.45) is 4.68. The predicted octanol–water partition coefficient (Wildman–Crippen LogP) is 1.88. The van der Waals surface area contributed by atoms with Crippen molar-refractivity contribution in [2.45, 2.75) is 30.3 Å². The number of rotatable bonds is 3. The summed E-state index contributed by atoms with van der Waals surface area (Å²) in [5, 5.41) is 9.98. The first-order valence-electron chi connectivity index (χ1n) is 6.05. The van der Waals surface area contributed by atoms with E-state index in [0.29, 0.717) is 30.0 Å². The number of carboxylic acids is 1. The van der Waals surface area contributed by atoms with Crippen molar-refractivity contribution in [2.75, 3.05) is 12.8 Å². The highest BCUT2D eigenvalue weighted by molar-refractivity contribution is 7.98. The van der Waals surface area contributed by atoms with Gasteiger partial charge in [0.1, 0.15) is 10.6 Å². The van der Waals surface area contributed by atoms with E-state index >= 15 is 0 Å². The third kappa shape index (κ3) is 2.32. The third-order valence-corrected chi connectivity index (χ3v) is 4.25. The predicted molar refractivity (Wildman–Crippen MR) is 72.3 cm³/mol. The lowest BCUT2D eigenvalue weighted by molar-refractivity contribution is -0.147. The fourth-order valence-electron chi connectivity index (χ4n) is 2.37. The van der Waals surface area contributed by atoms with Crippen molar-refractivity contribution in [3.8, 4) is 0 Å². The van der Waals surface area contributed by atoms with Crippen molar-refractivity contribution >= 4 is 23.6 Å². The lowest BCUT2D eigenvalue weighted by Crippen LogP contribution is -2.50. The Morgan fingerprint density at radius 2 is 2.26 bits per heavy atom. The number of carbonyl (C=O) groups excluding carboxylic acids is 1. The fourth-order valence-corrected chi connectivity index (χ4v) is 2.91. The van der Waals surface area contributed by atoms with Gasteiger partial charge in [0.25, 0.3) is 5.91 Å². The number of thioether (sulfide) groups is 1. The molecule has 1 aromatic heterocycles. The van der Waals surface area contributed by atoms with Crippen LogP contribution < -0.4 is 0 Å². The van der Waals surface area contributed by atoms with Gasteiger partial charge in [-0.05, 0) is 38.2 Å². The monoisotopic (exact) mass is 280 g/mol. The van der Waals surface area contributed by atoms with Crippen molar-refractivity contribution < 1.29 is 14.7 Å². The quantitative estimate of drug-likeness (QED) is 0.856. The van der Waals surface area contributed by atoms with E-state index in [4.69, 9.17) is 0 Å². The number of hydrogen-bond donors (Lipinski definition) is 1. The number of nitrogens with zero attached hydrogens (tertiary/aromatic N) is 2. The van der Waals surface area contributed by atoms with Crippen LogP contribution in [0.25, 0.3) is 0 Å². The molecule has 0 spiro atoms. The van der Waals surface area contributed by atoms with Crippen molar-refractivity contribution in [3.63, 3.8) is 0 Å².